The van der Waals surface area contributed by atoms with Gasteiger partial charge in [-0.2, -0.15) is 0 Å². The van der Waals surface area contributed by atoms with E-state index in [1.54, 1.807) is 11.3 Å². The molecule has 0 aromatic carbocycles. The summed E-state index contributed by atoms with van der Waals surface area (Å²) in [5.74, 6) is 0. The Hall–Kier alpha value is -1.42. The van der Waals surface area contributed by atoms with Crippen LogP contribution in [0.1, 0.15) is 18.1 Å². The predicted molar refractivity (Wildman–Crippen MR) is 62.3 cm³/mol. The van der Waals surface area contributed by atoms with Crippen molar-refractivity contribution in [2.45, 2.75) is 20.3 Å². The largest absolute Gasteiger partial charge is 0.313 e. The van der Waals surface area contributed by atoms with Crippen LogP contribution in [0.15, 0.2) is 22.6 Å². The molecule has 0 aliphatic heterocycles. The zero-order chi connectivity index (χ0) is 10.8. The molecule has 0 atom stereocenters. The van der Waals surface area contributed by atoms with Crippen LogP contribution in [0.5, 0.6) is 0 Å². The second kappa shape index (κ2) is 3.98. The van der Waals surface area contributed by atoms with Gasteiger partial charge < -0.3 is 4.98 Å². The van der Waals surface area contributed by atoms with Crippen LogP contribution in [0.3, 0.4) is 0 Å². The number of aromatic nitrogens is 2. The molecule has 2 aromatic heterocycles. The monoisotopic (exact) mass is 220 g/mol. The number of hydrogen-bond donors (Lipinski definition) is 1. The Morgan fingerprint density at radius 2 is 2.33 bits per heavy atom. The molecule has 0 saturated heterocycles. The van der Waals surface area contributed by atoms with Gasteiger partial charge in [-0.15, -0.1) is 11.3 Å². The lowest BCUT2D eigenvalue weighted by Crippen LogP contribution is -2.13. The molecular weight excluding hydrogens is 208 g/mol. The molecule has 0 saturated carbocycles. The van der Waals surface area contributed by atoms with Gasteiger partial charge in [0.05, 0.1) is 16.9 Å². The number of aryl methyl sites for hydroxylation is 1. The molecule has 2 rings (SSSR count). The van der Waals surface area contributed by atoms with Crippen LogP contribution in [-0.4, -0.2) is 9.97 Å². The van der Waals surface area contributed by atoms with Crippen LogP contribution >= 0.6 is 11.3 Å². The summed E-state index contributed by atoms with van der Waals surface area (Å²) >= 11 is 1.63. The summed E-state index contributed by atoms with van der Waals surface area (Å²) in [7, 11) is 0. The average molecular weight is 220 g/mol. The molecule has 4 heteroatoms. The molecule has 0 aliphatic rings. The van der Waals surface area contributed by atoms with E-state index in [-0.39, 0.29) is 5.56 Å². The Bertz CT molecular complexity index is 527. The van der Waals surface area contributed by atoms with Crippen LogP contribution in [-0.2, 0) is 6.42 Å². The maximum Gasteiger partial charge on any atom is 0.254 e. The van der Waals surface area contributed by atoms with Crippen molar-refractivity contribution in [3.63, 3.8) is 0 Å². The van der Waals surface area contributed by atoms with Crippen molar-refractivity contribution >= 4 is 11.3 Å². The van der Waals surface area contributed by atoms with E-state index in [4.69, 9.17) is 0 Å². The van der Waals surface area contributed by atoms with Gasteiger partial charge in [-0.05, 0) is 30.4 Å². The molecule has 0 amide bonds. The Labute approximate surface area is 91.8 Å². The quantitative estimate of drug-likeness (QED) is 0.844. The van der Waals surface area contributed by atoms with Gasteiger partial charge in [-0.3, -0.25) is 4.79 Å². The highest BCUT2D eigenvalue weighted by molar-refractivity contribution is 7.13. The zero-order valence-electron chi connectivity index (χ0n) is 8.70. The molecule has 3 nitrogen and oxygen atoms in total. The van der Waals surface area contributed by atoms with Crippen molar-refractivity contribution in [2.75, 3.05) is 0 Å². The molecule has 0 fully saturated rings. The first-order valence-electron chi connectivity index (χ1n) is 4.85. The molecule has 2 aromatic rings. The van der Waals surface area contributed by atoms with E-state index in [1.165, 1.54) is 11.9 Å². The third-order valence-corrected chi connectivity index (χ3v) is 3.40. The SMILES string of the molecule is CCc1c(-c2sccc2C)nc[nH]c1=O. The predicted octanol–water partition coefficient (Wildman–Crippen LogP) is 2.37. The van der Waals surface area contributed by atoms with E-state index in [1.807, 2.05) is 25.3 Å². The van der Waals surface area contributed by atoms with Crippen LogP contribution in [0, 0.1) is 6.92 Å². The molecule has 0 bridgehead atoms. The standard InChI is InChI=1S/C11H12N2OS/c1-3-8-9(12-6-13-11(8)14)10-7(2)4-5-15-10/h4-6H,3H2,1-2H3,(H,12,13,14). The Balaban J connectivity index is 2.68. The van der Waals surface area contributed by atoms with Gasteiger partial charge in [0, 0.05) is 5.56 Å². The summed E-state index contributed by atoms with van der Waals surface area (Å²) in [6.07, 6.45) is 2.17. The zero-order valence-corrected chi connectivity index (χ0v) is 9.52. The van der Waals surface area contributed by atoms with Crippen LogP contribution < -0.4 is 5.56 Å². The van der Waals surface area contributed by atoms with Crippen molar-refractivity contribution in [2.24, 2.45) is 0 Å². The molecule has 0 radical (unpaired) electrons. The summed E-state index contributed by atoms with van der Waals surface area (Å²) < 4.78 is 0. The minimum atomic E-state index is -0.0321. The minimum Gasteiger partial charge on any atom is -0.313 e. The van der Waals surface area contributed by atoms with Crippen LogP contribution in [0.2, 0.25) is 0 Å². The third-order valence-electron chi connectivity index (χ3n) is 2.38. The van der Waals surface area contributed by atoms with Crippen molar-refractivity contribution in [1.29, 1.82) is 0 Å². The van der Waals surface area contributed by atoms with Crippen molar-refractivity contribution in [3.05, 3.63) is 39.3 Å². The molecule has 1 N–H and O–H groups in total. The first-order valence-corrected chi connectivity index (χ1v) is 5.73. The lowest BCUT2D eigenvalue weighted by molar-refractivity contribution is 1.01. The molecule has 0 aliphatic carbocycles. The summed E-state index contributed by atoms with van der Waals surface area (Å²) in [6.45, 7) is 4.01. The van der Waals surface area contributed by atoms with Gasteiger partial charge in [-0.1, -0.05) is 6.92 Å². The van der Waals surface area contributed by atoms with E-state index in [2.05, 4.69) is 9.97 Å². The van der Waals surface area contributed by atoms with Gasteiger partial charge in [0.2, 0.25) is 0 Å². The maximum absolute atomic E-state index is 11.6. The summed E-state index contributed by atoms with van der Waals surface area (Å²) in [4.78, 5) is 19.6. The lowest BCUT2D eigenvalue weighted by atomic mass is 10.1. The fraction of sp³-hybridized carbons (Fsp3) is 0.273. The number of rotatable bonds is 2. The van der Waals surface area contributed by atoms with Gasteiger partial charge in [0.25, 0.3) is 5.56 Å². The fourth-order valence-electron chi connectivity index (χ4n) is 1.57. The highest BCUT2D eigenvalue weighted by atomic mass is 32.1. The lowest BCUT2D eigenvalue weighted by Gasteiger charge is -2.03. The van der Waals surface area contributed by atoms with E-state index < -0.39 is 0 Å². The Kier molecular flexibility index (Phi) is 2.68. The minimum absolute atomic E-state index is 0.0321. The third kappa shape index (κ3) is 1.72. The number of hydrogen-bond acceptors (Lipinski definition) is 3. The smallest absolute Gasteiger partial charge is 0.254 e. The molecule has 0 spiro atoms. The first-order chi connectivity index (χ1) is 7.24. The summed E-state index contributed by atoms with van der Waals surface area (Å²) in [6, 6.07) is 2.04. The second-order valence-corrected chi connectivity index (χ2v) is 4.26. The summed E-state index contributed by atoms with van der Waals surface area (Å²) in [5, 5.41) is 2.02. The van der Waals surface area contributed by atoms with E-state index in [0.29, 0.717) is 6.42 Å². The number of H-pyrrole nitrogens is 1. The molecule has 78 valence electrons. The highest BCUT2D eigenvalue weighted by Crippen LogP contribution is 2.28. The average Bonchev–Trinajstić information content (AvgIpc) is 2.64. The maximum atomic E-state index is 11.6. The van der Waals surface area contributed by atoms with Gasteiger partial charge in [0.1, 0.15) is 0 Å². The van der Waals surface area contributed by atoms with Crippen molar-refractivity contribution in [3.8, 4) is 10.6 Å². The normalized spacial score (nSPS) is 10.5. The number of aromatic amines is 1. The topological polar surface area (TPSA) is 45.8 Å². The highest BCUT2D eigenvalue weighted by Gasteiger charge is 2.11. The number of thiophene rings is 1. The van der Waals surface area contributed by atoms with E-state index in [0.717, 1.165) is 16.1 Å². The first kappa shape index (κ1) is 10.1. The molecule has 0 unspecified atom stereocenters. The van der Waals surface area contributed by atoms with Gasteiger partial charge in [0.15, 0.2) is 0 Å². The van der Waals surface area contributed by atoms with Crippen molar-refractivity contribution in [1.82, 2.24) is 9.97 Å². The summed E-state index contributed by atoms with van der Waals surface area (Å²) in [5.41, 5.74) is 2.74. The Morgan fingerprint density at radius 1 is 1.53 bits per heavy atom. The molecule has 15 heavy (non-hydrogen) atoms. The van der Waals surface area contributed by atoms with E-state index >= 15 is 0 Å². The fourth-order valence-corrected chi connectivity index (χ4v) is 2.52. The number of nitrogens with zero attached hydrogens (tertiary/aromatic N) is 1. The molecular formula is C11H12N2OS. The second-order valence-electron chi connectivity index (χ2n) is 3.35. The van der Waals surface area contributed by atoms with Crippen LogP contribution in [0.4, 0.5) is 0 Å². The van der Waals surface area contributed by atoms with Crippen molar-refractivity contribution < 1.29 is 0 Å². The van der Waals surface area contributed by atoms with Crippen LogP contribution in [0.25, 0.3) is 10.6 Å². The Morgan fingerprint density at radius 3 is 2.93 bits per heavy atom. The molecule has 2 heterocycles. The van der Waals surface area contributed by atoms with E-state index in [9.17, 15) is 4.79 Å². The van der Waals surface area contributed by atoms with Gasteiger partial charge in [-0.25, -0.2) is 4.98 Å². The van der Waals surface area contributed by atoms with Gasteiger partial charge >= 0.3 is 0 Å². The number of nitrogens with one attached hydrogen (secondary N) is 1.